The zero-order valence-electron chi connectivity index (χ0n) is 10.3. The molecule has 8 nitrogen and oxygen atoms in total. The van der Waals surface area contributed by atoms with Gasteiger partial charge in [-0.05, 0) is 13.0 Å². The molecule has 0 bridgehead atoms. The number of amides is 1. The first-order chi connectivity index (χ1) is 9.13. The number of aliphatic hydroxyl groups is 1. The lowest BCUT2D eigenvalue weighted by Gasteiger charge is -2.18. The van der Waals surface area contributed by atoms with Crippen LogP contribution in [0.3, 0.4) is 0 Å². The average Bonchev–Trinajstić information content (AvgIpc) is 2.35. The van der Waals surface area contributed by atoms with Gasteiger partial charge in [-0.25, -0.2) is 4.79 Å². The molecule has 0 aliphatic carbocycles. The van der Waals surface area contributed by atoms with Crippen molar-refractivity contribution < 1.29 is 24.7 Å². The highest BCUT2D eigenvalue weighted by atomic mass is 35.5. The van der Waals surface area contributed by atoms with Gasteiger partial charge in [0.05, 0.1) is 11.5 Å². The van der Waals surface area contributed by atoms with Crippen LogP contribution in [-0.4, -0.2) is 39.2 Å². The third-order valence-corrected chi connectivity index (χ3v) is 2.63. The molecule has 108 valence electrons. The van der Waals surface area contributed by atoms with E-state index < -0.39 is 28.9 Å². The molecule has 1 atom stereocenters. The minimum atomic E-state index is -2.14. The average molecular weight is 303 g/mol. The Hall–Kier alpha value is -2.19. The van der Waals surface area contributed by atoms with E-state index in [0.29, 0.717) is 0 Å². The van der Waals surface area contributed by atoms with Crippen LogP contribution in [0.2, 0.25) is 5.02 Å². The summed E-state index contributed by atoms with van der Waals surface area (Å²) in [6, 6.07) is 3.27. The van der Waals surface area contributed by atoms with E-state index in [2.05, 4.69) is 5.32 Å². The number of nitrogens with zero attached hydrogens (tertiary/aromatic N) is 1. The van der Waals surface area contributed by atoms with Gasteiger partial charge in [0.2, 0.25) is 0 Å². The molecule has 1 aromatic carbocycles. The third kappa shape index (κ3) is 3.90. The monoisotopic (exact) mass is 302 g/mol. The van der Waals surface area contributed by atoms with Gasteiger partial charge in [-0.15, -0.1) is 0 Å². The van der Waals surface area contributed by atoms with E-state index in [1.165, 1.54) is 6.07 Å². The number of hydrogen-bond donors (Lipinski definition) is 3. The molecule has 0 radical (unpaired) electrons. The Bertz CT molecular complexity index is 572. The summed E-state index contributed by atoms with van der Waals surface area (Å²) in [6.07, 6.45) is 0. The lowest BCUT2D eigenvalue weighted by Crippen LogP contribution is -2.46. The highest BCUT2D eigenvalue weighted by Crippen LogP contribution is 2.20. The number of carbonyl (C=O) groups is 2. The molecule has 0 saturated heterocycles. The topological polar surface area (TPSA) is 130 Å². The number of rotatable bonds is 5. The van der Waals surface area contributed by atoms with Gasteiger partial charge in [0.25, 0.3) is 11.6 Å². The zero-order chi connectivity index (χ0) is 15.5. The van der Waals surface area contributed by atoms with E-state index in [0.717, 1.165) is 19.1 Å². The van der Waals surface area contributed by atoms with Gasteiger partial charge in [0.15, 0.2) is 5.60 Å². The quantitative estimate of drug-likeness (QED) is 0.545. The molecule has 9 heteroatoms. The van der Waals surface area contributed by atoms with Crippen LogP contribution in [0.1, 0.15) is 17.3 Å². The molecule has 20 heavy (non-hydrogen) atoms. The van der Waals surface area contributed by atoms with Crippen molar-refractivity contribution in [1.29, 1.82) is 0 Å². The van der Waals surface area contributed by atoms with Crippen molar-refractivity contribution in [2.45, 2.75) is 12.5 Å². The number of carboxylic acid groups (broad SMARTS) is 1. The van der Waals surface area contributed by atoms with Crippen molar-refractivity contribution in [3.63, 3.8) is 0 Å². The second-order valence-electron chi connectivity index (χ2n) is 4.22. The first-order valence-electron chi connectivity index (χ1n) is 5.32. The second-order valence-corrected chi connectivity index (χ2v) is 4.65. The lowest BCUT2D eigenvalue weighted by molar-refractivity contribution is -0.384. The molecule has 1 unspecified atom stereocenters. The maximum absolute atomic E-state index is 11.7. The van der Waals surface area contributed by atoms with Crippen LogP contribution in [0.15, 0.2) is 18.2 Å². The molecule has 1 rings (SSSR count). The minimum Gasteiger partial charge on any atom is -0.479 e. The summed E-state index contributed by atoms with van der Waals surface area (Å²) >= 11 is 5.65. The molecule has 0 spiro atoms. The zero-order valence-corrected chi connectivity index (χ0v) is 11.0. The van der Waals surface area contributed by atoms with Gasteiger partial charge >= 0.3 is 5.97 Å². The summed E-state index contributed by atoms with van der Waals surface area (Å²) in [7, 11) is 0. The number of carbonyl (C=O) groups excluding carboxylic acids is 1. The fraction of sp³-hybridized carbons (Fsp3) is 0.273. The van der Waals surface area contributed by atoms with Gasteiger partial charge in [-0.1, -0.05) is 11.6 Å². The van der Waals surface area contributed by atoms with E-state index in [9.17, 15) is 24.8 Å². The van der Waals surface area contributed by atoms with Gasteiger partial charge < -0.3 is 15.5 Å². The molecular weight excluding hydrogens is 292 g/mol. The normalized spacial score (nSPS) is 13.3. The fourth-order valence-electron chi connectivity index (χ4n) is 1.24. The molecule has 0 fully saturated rings. The molecule has 1 aromatic rings. The summed E-state index contributed by atoms with van der Waals surface area (Å²) in [4.78, 5) is 32.3. The molecule has 0 heterocycles. The van der Waals surface area contributed by atoms with Crippen molar-refractivity contribution in [3.05, 3.63) is 38.9 Å². The number of carboxylic acids is 1. The van der Waals surface area contributed by atoms with E-state index >= 15 is 0 Å². The summed E-state index contributed by atoms with van der Waals surface area (Å²) in [6.45, 7) is 0.456. The summed E-state index contributed by atoms with van der Waals surface area (Å²) < 4.78 is 0. The Kier molecular flexibility index (Phi) is 4.64. The van der Waals surface area contributed by atoms with Crippen molar-refractivity contribution in [3.8, 4) is 0 Å². The van der Waals surface area contributed by atoms with Crippen LogP contribution in [0.4, 0.5) is 5.69 Å². The standard InChI is InChI=1S/C11H11ClN2O6/c1-11(18,10(16)17)5-13-9(15)6-2-7(12)4-8(3-6)14(19)20/h2-4,18H,5H2,1H3,(H,13,15)(H,16,17). The number of nitrogens with one attached hydrogen (secondary N) is 1. The summed E-state index contributed by atoms with van der Waals surface area (Å²) in [5.74, 6) is -2.29. The van der Waals surface area contributed by atoms with Crippen LogP contribution < -0.4 is 5.32 Å². The Morgan fingerprint density at radius 1 is 1.45 bits per heavy atom. The van der Waals surface area contributed by atoms with E-state index in [4.69, 9.17) is 16.7 Å². The fourth-order valence-corrected chi connectivity index (χ4v) is 1.47. The van der Waals surface area contributed by atoms with Gasteiger partial charge in [0.1, 0.15) is 0 Å². The molecular formula is C11H11ClN2O6. The predicted molar refractivity (Wildman–Crippen MR) is 68.7 cm³/mol. The number of nitro groups is 1. The van der Waals surface area contributed by atoms with Crippen LogP contribution in [0, 0.1) is 10.1 Å². The van der Waals surface area contributed by atoms with Crippen LogP contribution in [0.25, 0.3) is 0 Å². The Balaban J connectivity index is 2.88. The summed E-state index contributed by atoms with van der Waals surface area (Å²) in [5.41, 5.74) is -2.61. The van der Waals surface area contributed by atoms with Crippen LogP contribution in [-0.2, 0) is 4.79 Å². The van der Waals surface area contributed by atoms with E-state index in [1.807, 2.05) is 0 Å². The third-order valence-electron chi connectivity index (χ3n) is 2.41. The maximum atomic E-state index is 11.7. The Morgan fingerprint density at radius 3 is 2.55 bits per heavy atom. The van der Waals surface area contributed by atoms with Crippen LogP contribution >= 0.6 is 11.6 Å². The highest BCUT2D eigenvalue weighted by molar-refractivity contribution is 6.31. The smallest absolute Gasteiger partial charge is 0.337 e. The molecule has 0 saturated carbocycles. The van der Waals surface area contributed by atoms with E-state index in [1.54, 1.807) is 0 Å². The first-order valence-corrected chi connectivity index (χ1v) is 5.70. The predicted octanol–water partition coefficient (Wildman–Crippen LogP) is 0.814. The first kappa shape index (κ1) is 15.9. The number of halogens is 1. The molecule has 3 N–H and O–H groups in total. The SMILES string of the molecule is CC(O)(CNC(=O)c1cc(Cl)cc([N+](=O)[O-])c1)C(=O)O. The van der Waals surface area contributed by atoms with E-state index in [-0.39, 0.29) is 16.3 Å². The van der Waals surface area contributed by atoms with Crippen molar-refractivity contribution in [2.24, 2.45) is 0 Å². The van der Waals surface area contributed by atoms with Gasteiger partial charge in [-0.3, -0.25) is 14.9 Å². The van der Waals surface area contributed by atoms with Crippen molar-refractivity contribution in [2.75, 3.05) is 6.54 Å². The largest absolute Gasteiger partial charge is 0.479 e. The Morgan fingerprint density at radius 2 is 2.05 bits per heavy atom. The molecule has 0 aromatic heterocycles. The molecule has 0 aliphatic rings. The second kappa shape index (κ2) is 5.85. The lowest BCUT2D eigenvalue weighted by atomic mass is 10.1. The van der Waals surface area contributed by atoms with Crippen LogP contribution in [0.5, 0.6) is 0 Å². The number of aliphatic carboxylic acids is 1. The Labute approximate surface area is 118 Å². The van der Waals surface area contributed by atoms with Crippen molar-refractivity contribution >= 4 is 29.2 Å². The highest BCUT2D eigenvalue weighted by Gasteiger charge is 2.30. The number of benzene rings is 1. The summed E-state index contributed by atoms with van der Waals surface area (Å²) in [5, 5.41) is 30.9. The van der Waals surface area contributed by atoms with Gasteiger partial charge in [0, 0.05) is 22.7 Å². The molecule has 0 aliphatic heterocycles. The molecule has 1 amide bonds. The maximum Gasteiger partial charge on any atom is 0.337 e. The number of non-ortho nitro benzene ring substituents is 1. The van der Waals surface area contributed by atoms with Gasteiger partial charge in [-0.2, -0.15) is 0 Å². The number of hydrogen-bond acceptors (Lipinski definition) is 5. The number of nitro benzene ring substituents is 1. The van der Waals surface area contributed by atoms with Crippen molar-refractivity contribution in [1.82, 2.24) is 5.32 Å². The minimum absolute atomic E-state index is 0.00524.